The van der Waals surface area contributed by atoms with Gasteiger partial charge in [0.05, 0.1) is 6.61 Å². The summed E-state index contributed by atoms with van der Waals surface area (Å²) in [6, 6.07) is 10.3. The average molecular weight is 163 g/mol. The van der Waals surface area contributed by atoms with Gasteiger partial charge < -0.3 is 4.84 Å². The van der Waals surface area contributed by atoms with Crippen LogP contribution in [0.4, 0.5) is 0 Å². The smallest absolute Gasteiger partial charge is 0.236 e. The summed E-state index contributed by atoms with van der Waals surface area (Å²) >= 11 is 0. The molecule has 1 heterocycles. The second-order valence-electron chi connectivity index (χ2n) is 2.75. The van der Waals surface area contributed by atoms with Gasteiger partial charge in [-0.1, -0.05) is 35.9 Å². The van der Waals surface area contributed by atoms with Crippen molar-refractivity contribution in [1.29, 1.82) is 0 Å². The third kappa shape index (κ3) is 4.16. The predicted molar refractivity (Wildman–Crippen MR) is 52.2 cm³/mol. The van der Waals surface area contributed by atoms with Crippen LogP contribution in [-0.2, 0) is 4.84 Å². The molecule has 2 nitrogen and oxygen atoms in total. The molecule has 64 valence electrons. The van der Waals surface area contributed by atoms with Crippen molar-refractivity contribution < 1.29 is 4.84 Å². The third-order valence-electron chi connectivity index (χ3n) is 1.57. The van der Waals surface area contributed by atoms with Crippen LogP contribution >= 0.6 is 0 Å². The summed E-state index contributed by atoms with van der Waals surface area (Å²) in [5, 5.41) is 2.72. The fourth-order valence-corrected chi connectivity index (χ4v) is 0.895. The lowest BCUT2D eigenvalue weighted by Crippen LogP contribution is -2.05. The van der Waals surface area contributed by atoms with Crippen LogP contribution in [0.15, 0.2) is 30.3 Å². The SMILES string of the molecule is B1CCON1.Cc1ccccc1. The van der Waals surface area contributed by atoms with Crippen molar-refractivity contribution in [3.8, 4) is 0 Å². The van der Waals surface area contributed by atoms with Crippen molar-refractivity contribution in [2.24, 2.45) is 0 Å². The van der Waals surface area contributed by atoms with Crippen LogP contribution in [0.5, 0.6) is 0 Å². The van der Waals surface area contributed by atoms with Gasteiger partial charge in [-0.05, 0) is 13.2 Å². The van der Waals surface area contributed by atoms with Gasteiger partial charge in [0.1, 0.15) is 0 Å². The molecule has 1 aliphatic rings. The Morgan fingerprint density at radius 3 is 2.33 bits per heavy atom. The molecule has 1 aromatic rings. The molecule has 0 radical (unpaired) electrons. The first kappa shape index (κ1) is 9.29. The standard InChI is InChI=1S/C7H8.C2H6BNO/c1-7-5-3-2-4-6-7;1-2-5-4-3-1/h2-6H,1H3;3-4H,1-2H2. The minimum atomic E-state index is 0.889. The van der Waals surface area contributed by atoms with Gasteiger partial charge in [-0.25, -0.2) is 5.39 Å². The Labute approximate surface area is 74.2 Å². The second kappa shape index (κ2) is 5.80. The predicted octanol–water partition coefficient (Wildman–Crippen LogP) is 1.29. The van der Waals surface area contributed by atoms with Crippen LogP contribution in [0.2, 0.25) is 6.32 Å². The molecule has 0 bridgehead atoms. The number of benzene rings is 1. The Morgan fingerprint density at radius 2 is 2.08 bits per heavy atom. The zero-order chi connectivity index (χ0) is 8.65. The number of aryl methyl sites for hydroxylation is 1. The Kier molecular flexibility index (Phi) is 4.50. The van der Waals surface area contributed by atoms with Gasteiger partial charge in [-0.15, -0.1) is 0 Å². The van der Waals surface area contributed by atoms with E-state index in [2.05, 4.69) is 24.4 Å². The summed E-state index contributed by atoms with van der Waals surface area (Å²) in [6.45, 7) is 2.97. The zero-order valence-electron chi connectivity index (χ0n) is 7.42. The van der Waals surface area contributed by atoms with Crippen molar-refractivity contribution >= 4 is 7.41 Å². The first-order chi connectivity index (χ1) is 5.89. The average Bonchev–Trinajstić information content (AvgIpc) is 2.62. The van der Waals surface area contributed by atoms with E-state index in [-0.39, 0.29) is 0 Å². The van der Waals surface area contributed by atoms with E-state index >= 15 is 0 Å². The minimum Gasteiger partial charge on any atom is -0.314 e. The first-order valence-electron chi connectivity index (χ1n) is 4.26. The van der Waals surface area contributed by atoms with Crippen molar-refractivity contribution in [3.05, 3.63) is 35.9 Å². The third-order valence-corrected chi connectivity index (χ3v) is 1.57. The minimum absolute atomic E-state index is 0.889. The first-order valence-corrected chi connectivity index (χ1v) is 4.26. The molecule has 0 aromatic heterocycles. The number of hydrogen-bond donors (Lipinski definition) is 1. The molecule has 1 N–H and O–H groups in total. The molecule has 2 rings (SSSR count). The lowest BCUT2D eigenvalue weighted by Gasteiger charge is -1.82. The largest absolute Gasteiger partial charge is 0.314 e. The molecule has 1 aliphatic heterocycles. The van der Waals surface area contributed by atoms with Gasteiger partial charge in [-0.2, -0.15) is 0 Å². The van der Waals surface area contributed by atoms with Crippen LogP contribution < -0.4 is 5.39 Å². The Morgan fingerprint density at radius 1 is 1.33 bits per heavy atom. The van der Waals surface area contributed by atoms with E-state index in [1.165, 1.54) is 11.9 Å². The van der Waals surface area contributed by atoms with Crippen LogP contribution in [0.1, 0.15) is 5.56 Å². The van der Waals surface area contributed by atoms with Gasteiger partial charge in [-0.3, -0.25) is 0 Å². The number of nitrogens with one attached hydrogen (secondary N) is 1. The quantitative estimate of drug-likeness (QED) is 0.581. The second-order valence-corrected chi connectivity index (χ2v) is 2.75. The molecule has 0 amide bonds. The number of hydrogen-bond acceptors (Lipinski definition) is 2. The molecule has 1 aromatic carbocycles. The normalized spacial score (nSPS) is 14.4. The summed E-state index contributed by atoms with van der Waals surface area (Å²) in [5.74, 6) is 0. The highest BCUT2D eigenvalue weighted by Crippen LogP contribution is 1.92. The fraction of sp³-hybridized carbons (Fsp3) is 0.333. The Hall–Kier alpha value is -0.795. The van der Waals surface area contributed by atoms with Gasteiger partial charge >= 0.3 is 0 Å². The lowest BCUT2D eigenvalue weighted by molar-refractivity contribution is 0.128. The molecule has 3 heteroatoms. The molecule has 0 spiro atoms. The highest BCUT2D eigenvalue weighted by molar-refractivity contribution is 6.32. The van der Waals surface area contributed by atoms with Gasteiger partial charge in [0.15, 0.2) is 0 Å². The molecule has 12 heavy (non-hydrogen) atoms. The monoisotopic (exact) mass is 163 g/mol. The topological polar surface area (TPSA) is 21.3 Å². The van der Waals surface area contributed by atoms with Crippen LogP contribution in [0.3, 0.4) is 0 Å². The van der Waals surface area contributed by atoms with Gasteiger partial charge in [0, 0.05) is 0 Å². The summed E-state index contributed by atoms with van der Waals surface area (Å²) in [6.07, 6.45) is 1.17. The summed E-state index contributed by atoms with van der Waals surface area (Å²) in [5.41, 5.74) is 1.32. The van der Waals surface area contributed by atoms with E-state index in [1.807, 2.05) is 18.2 Å². The highest BCUT2D eigenvalue weighted by Gasteiger charge is 1.96. The summed E-state index contributed by atoms with van der Waals surface area (Å²) < 4.78 is 0. The maximum atomic E-state index is 4.69. The molecular weight excluding hydrogens is 149 g/mol. The molecule has 0 aliphatic carbocycles. The molecule has 0 atom stereocenters. The zero-order valence-corrected chi connectivity index (χ0v) is 7.42. The van der Waals surface area contributed by atoms with Crippen LogP contribution in [-0.4, -0.2) is 14.0 Å². The van der Waals surface area contributed by atoms with Crippen molar-refractivity contribution in [2.45, 2.75) is 13.2 Å². The van der Waals surface area contributed by atoms with E-state index in [0.717, 1.165) is 14.0 Å². The molecule has 0 saturated carbocycles. The maximum Gasteiger partial charge on any atom is 0.236 e. The molecule has 0 unspecified atom stereocenters. The van der Waals surface area contributed by atoms with E-state index in [1.54, 1.807) is 0 Å². The van der Waals surface area contributed by atoms with Gasteiger partial charge in [0.2, 0.25) is 7.41 Å². The Balaban J connectivity index is 0.000000127. The van der Waals surface area contributed by atoms with Gasteiger partial charge in [0.25, 0.3) is 0 Å². The summed E-state index contributed by atoms with van der Waals surface area (Å²) in [7, 11) is 1.03. The van der Waals surface area contributed by atoms with Crippen molar-refractivity contribution in [1.82, 2.24) is 5.39 Å². The van der Waals surface area contributed by atoms with Crippen molar-refractivity contribution in [2.75, 3.05) is 6.61 Å². The molecular formula is C9H14BNO. The van der Waals surface area contributed by atoms with Crippen LogP contribution in [0.25, 0.3) is 0 Å². The Bertz CT molecular complexity index is 191. The summed E-state index contributed by atoms with van der Waals surface area (Å²) in [4.78, 5) is 4.69. The van der Waals surface area contributed by atoms with E-state index < -0.39 is 0 Å². The molecule has 1 saturated heterocycles. The van der Waals surface area contributed by atoms with E-state index in [9.17, 15) is 0 Å². The fourth-order valence-electron chi connectivity index (χ4n) is 0.895. The van der Waals surface area contributed by atoms with Crippen LogP contribution in [0, 0.1) is 6.92 Å². The lowest BCUT2D eigenvalue weighted by atomic mass is 9.94. The molecule has 1 fully saturated rings. The maximum absolute atomic E-state index is 4.69. The van der Waals surface area contributed by atoms with E-state index in [4.69, 9.17) is 4.84 Å². The van der Waals surface area contributed by atoms with Crippen molar-refractivity contribution in [3.63, 3.8) is 0 Å². The van der Waals surface area contributed by atoms with E-state index in [0.29, 0.717) is 0 Å². The number of rotatable bonds is 0. The highest BCUT2D eigenvalue weighted by atomic mass is 16.6.